The maximum atomic E-state index is 6.43. The molecule has 1 aliphatic rings. The summed E-state index contributed by atoms with van der Waals surface area (Å²) in [5.41, 5.74) is 0.968. The molecule has 1 heterocycles. The van der Waals surface area contributed by atoms with Crippen LogP contribution in [0.1, 0.15) is 50.6 Å². The van der Waals surface area contributed by atoms with Crippen LogP contribution < -0.4 is 4.74 Å². The van der Waals surface area contributed by atoms with Crippen molar-refractivity contribution in [3.8, 4) is 5.88 Å². The van der Waals surface area contributed by atoms with E-state index in [1.165, 1.54) is 38.5 Å². The van der Waals surface area contributed by atoms with E-state index in [1.807, 2.05) is 6.07 Å². The van der Waals surface area contributed by atoms with E-state index in [1.54, 1.807) is 13.4 Å². The third-order valence-electron chi connectivity index (χ3n) is 3.95. The number of nitrogens with zero attached hydrogens (tertiary/aromatic N) is 2. The second-order valence-electron chi connectivity index (χ2n) is 5.43. The monoisotopic (exact) mass is 282 g/mol. The molecule has 0 spiro atoms. The van der Waals surface area contributed by atoms with Crippen molar-refractivity contribution in [2.24, 2.45) is 5.92 Å². The van der Waals surface area contributed by atoms with Crippen LogP contribution in [0.15, 0.2) is 12.4 Å². The van der Waals surface area contributed by atoms with E-state index in [0.717, 1.165) is 24.5 Å². The third-order valence-corrected chi connectivity index (χ3v) is 4.32. The van der Waals surface area contributed by atoms with Gasteiger partial charge in [-0.25, -0.2) is 9.97 Å². The lowest BCUT2D eigenvalue weighted by Gasteiger charge is -2.22. The first-order valence-corrected chi connectivity index (χ1v) is 7.70. The van der Waals surface area contributed by atoms with Crippen LogP contribution in [-0.4, -0.2) is 22.5 Å². The quantitative estimate of drug-likeness (QED) is 0.740. The number of halogens is 1. The lowest BCUT2D eigenvalue weighted by atomic mass is 9.85. The van der Waals surface area contributed by atoms with Crippen LogP contribution >= 0.6 is 11.6 Å². The van der Waals surface area contributed by atoms with Crippen LogP contribution in [0.5, 0.6) is 5.88 Å². The van der Waals surface area contributed by atoms with Gasteiger partial charge in [0.15, 0.2) is 0 Å². The van der Waals surface area contributed by atoms with Crippen LogP contribution in [0, 0.1) is 5.92 Å². The zero-order chi connectivity index (χ0) is 13.5. The lowest BCUT2D eigenvalue weighted by molar-refractivity contribution is 0.330. The zero-order valence-corrected chi connectivity index (χ0v) is 12.4. The third kappa shape index (κ3) is 4.98. The Hall–Kier alpha value is -0.830. The average molecular weight is 283 g/mol. The first-order valence-electron chi connectivity index (χ1n) is 7.27. The van der Waals surface area contributed by atoms with Crippen molar-refractivity contribution in [3.63, 3.8) is 0 Å². The van der Waals surface area contributed by atoms with E-state index in [4.69, 9.17) is 16.3 Å². The number of ether oxygens (including phenoxy) is 1. The van der Waals surface area contributed by atoms with Crippen molar-refractivity contribution < 1.29 is 4.74 Å². The van der Waals surface area contributed by atoms with Crippen molar-refractivity contribution in [1.29, 1.82) is 0 Å². The Kier molecular flexibility index (Phi) is 5.90. The minimum atomic E-state index is 0.168. The molecule has 4 heteroatoms. The molecule has 0 amide bonds. The molecule has 0 N–H and O–H groups in total. The normalized spacial score (nSPS) is 18.2. The molecule has 106 valence electrons. The fourth-order valence-corrected chi connectivity index (χ4v) is 3.11. The SMILES string of the molecule is COc1cc(CC(Cl)CCC2CCCCC2)ncn1. The van der Waals surface area contributed by atoms with Gasteiger partial charge in [0.1, 0.15) is 6.33 Å². The highest BCUT2D eigenvalue weighted by Gasteiger charge is 2.16. The molecule has 0 radical (unpaired) electrons. The van der Waals surface area contributed by atoms with Gasteiger partial charge in [0.2, 0.25) is 5.88 Å². The Labute approximate surface area is 120 Å². The minimum absolute atomic E-state index is 0.168. The summed E-state index contributed by atoms with van der Waals surface area (Å²) in [6, 6.07) is 1.87. The molecule has 1 aliphatic carbocycles. The molecule has 1 unspecified atom stereocenters. The molecule has 1 fully saturated rings. The molecule has 1 aromatic rings. The summed E-state index contributed by atoms with van der Waals surface area (Å²) in [6.45, 7) is 0. The molecular weight excluding hydrogens is 260 g/mol. The van der Waals surface area contributed by atoms with Gasteiger partial charge >= 0.3 is 0 Å². The predicted molar refractivity (Wildman–Crippen MR) is 77.7 cm³/mol. The fourth-order valence-electron chi connectivity index (χ4n) is 2.82. The van der Waals surface area contributed by atoms with Gasteiger partial charge in [-0.05, 0) is 18.8 Å². The summed E-state index contributed by atoms with van der Waals surface area (Å²) in [7, 11) is 1.62. The molecule has 2 rings (SSSR count). The van der Waals surface area contributed by atoms with E-state index >= 15 is 0 Å². The summed E-state index contributed by atoms with van der Waals surface area (Å²) in [5, 5.41) is 0.168. The Morgan fingerprint density at radius 3 is 2.84 bits per heavy atom. The first kappa shape index (κ1) is 14.6. The largest absolute Gasteiger partial charge is 0.481 e. The van der Waals surface area contributed by atoms with Gasteiger partial charge in [-0.3, -0.25) is 0 Å². The molecule has 0 bridgehead atoms. The van der Waals surface area contributed by atoms with Gasteiger partial charge in [-0.2, -0.15) is 0 Å². The van der Waals surface area contributed by atoms with Crippen molar-refractivity contribution in [3.05, 3.63) is 18.1 Å². The van der Waals surface area contributed by atoms with Gasteiger partial charge in [0, 0.05) is 23.6 Å². The molecule has 0 aromatic carbocycles. The summed E-state index contributed by atoms with van der Waals surface area (Å²) in [6.07, 6.45) is 11.7. The van der Waals surface area contributed by atoms with E-state index in [9.17, 15) is 0 Å². The molecule has 0 saturated heterocycles. The van der Waals surface area contributed by atoms with Gasteiger partial charge in [0.05, 0.1) is 7.11 Å². The molecular formula is C15H23ClN2O. The Morgan fingerprint density at radius 1 is 1.32 bits per heavy atom. The zero-order valence-electron chi connectivity index (χ0n) is 11.6. The van der Waals surface area contributed by atoms with E-state index in [0.29, 0.717) is 5.88 Å². The topological polar surface area (TPSA) is 35.0 Å². The smallest absolute Gasteiger partial charge is 0.216 e. The molecule has 1 aromatic heterocycles. The fraction of sp³-hybridized carbons (Fsp3) is 0.733. The highest BCUT2D eigenvalue weighted by molar-refractivity contribution is 6.20. The van der Waals surface area contributed by atoms with E-state index in [-0.39, 0.29) is 5.38 Å². The first-order chi connectivity index (χ1) is 9.28. The Morgan fingerprint density at radius 2 is 2.11 bits per heavy atom. The van der Waals surface area contributed by atoms with Gasteiger partial charge in [0.25, 0.3) is 0 Å². The standard InChI is InChI=1S/C15H23ClN2O/c1-19-15-10-14(17-11-18-15)9-13(16)8-7-12-5-3-2-4-6-12/h10-13H,2-9H2,1H3. The van der Waals surface area contributed by atoms with Crippen molar-refractivity contribution in [2.45, 2.75) is 56.7 Å². The number of hydrogen-bond donors (Lipinski definition) is 0. The summed E-state index contributed by atoms with van der Waals surface area (Å²) < 4.78 is 5.10. The van der Waals surface area contributed by atoms with Crippen LogP contribution in [-0.2, 0) is 6.42 Å². The van der Waals surface area contributed by atoms with Gasteiger partial charge in [-0.1, -0.05) is 32.1 Å². The second-order valence-corrected chi connectivity index (χ2v) is 6.05. The molecule has 1 saturated carbocycles. The molecule has 3 nitrogen and oxygen atoms in total. The van der Waals surface area contributed by atoms with Gasteiger partial charge < -0.3 is 4.74 Å². The van der Waals surface area contributed by atoms with Crippen LogP contribution in [0.2, 0.25) is 0 Å². The van der Waals surface area contributed by atoms with Crippen LogP contribution in [0.4, 0.5) is 0 Å². The number of methoxy groups -OCH3 is 1. The van der Waals surface area contributed by atoms with Crippen molar-refractivity contribution in [1.82, 2.24) is 9.97 Å². The molecule has 0 aliphatic heterocycles. The Balaban J connectivity index is 1.75. The maximum Gasteiger partial charge on any atom is 0.216 e. The van der Waals surface area contributed by atoms with Crippen LogP contribution in [0.25, 0.3) is 0 Å². The highest BCUT2D eigenvalue weighted by atomic mass is 35.5. The maximum absolute atomic E-state index is 6.43. The molecule has 1 atom stereocenters. The van der Waals surface area contributed by atoms with Gasteiger partial charge in [-0.15, -0.1) is 11.6 Å². The summed E-state index contributed by atoms with van der Waals surface area (Å²) >= 11 is 6.43. The number of alkyl halides is 1. The average Bonchev–Trinajstić information content (AvgIpc) is 2.46. The summed E-state index contributed by atoms with van der Waals surface area (Å²) in [4.78, 5) is 8.25. The Bertz CT molecular complexity index is 380. The van der Waals surface area contributed by atoms with Crippen LogP contribution in [0.3, 0.4) is 0 Å². The molecule has 19 heavy (non-hydrogen) atoms. The lowest BCUT2D eigenvalue weighted by Crippen LogP contribution is -2.11. The number of aromatic nitrogens is 2. The predicted octanol–water partition coefficient (Wildman–Crippen LogP) is 4.00. The minimum Gasteiger partial charge on any atom is -0.481 e. The second kappa shape index (κ2) is 7.68. The number of rotatable bonds is 6. The van der Waals surface area contributed by atoms with E-state index < -0.39 is 0 Å². The van der Waals surface area contributed by atoms with Crippen molar-refractivity contribution in [2.75, 3.05) is 7.11 Å². The highest BCUT2D eigenvalue weighted by Crippen LogP contribution is 2.28. The number of hydrogen-bond acceptors (Lipinski definition) is 3. The summed E-state index contributed by atoms with van der Waals surface area (Å²) in [5.74, 6) is 1.51. The van der Waals surface area contributed by atoms with Crippen molar-refractivity contribution >= 4 is 11.6 Å². The van der Waals surface area contributed by atoms with E-state index in [2.05, 4.69) is 9.97 Å².